The van der Waals surface area contributed by atoms with Gasteiger partial charge >= 0.3 is 0 Å². The third kappa shape index (κ3) is 3.57. The predicted octanol–water partition coefficient (Wildman–Crippen LogP) is 4.09. The van der Waals surface area contributed by atoms with Gasteiger partial charge in [0, 0.05) is 15.7 Å². The fourth-order valence-electron chi connectivity index (χ4n) is 2.33. The summed E-state index contributed by atoms with van der Waals surface area (Å²) in [6.07, 6.45) is 0. The number of aryl methyl sites for hydroxylation is 1. The van der Waals surface area contributed by atoms with E-state index in [0.29, 0.717) is 0 Å². The second-order valence-electron chi connectivity index (χ2n) is 5.33. The Balaban J connectivity index is 2.43. The van der Waals surface area contributed by atoms with Gasteiger partial charge in [-0.15, -0.1) is 0 Å². The van der Waals surface area contributed by atoms with E-state index in [1.807, 2.05) is 56.3 Å². The van der Waals surface area contributed by atoms with Gasteiger partial charge in [-0.1, -0.05) is 33.6 Å². The molecule has 0 spiro atoms. The molecule has 0 radical (unpaired) electrons. The molecule has 0 fully saturated rings. The van der Waals surface area contributed by atoms with Crippen LogP contribution in [0.5, 0.6) is 5.75 Å². The van der Waals surface area contributed by atoms with E-state index < -0.39 is 5.54 Å². The molecule has 0 aliphatic heterocycles. The van der Waals surface area contributed by atoms with Crippen LogP contribution in [-0.4, -0.2) is 18.8 Å². The summed E-state index contributed by atoms with van der Waals surface area (Å²) in [5, 5.41) is 13.4. The molecule has 0 aliphatic carbocycles. The fourth-order valence-corrected chi connectivity index (χ4v) is 2.73. The van der Waals surface area contributed by atoms with E-state index in [-0.39, 0.29) is 6.61 Å². The van der Waals surface area contributed by atoms with E-state index in [0.717, 1.165) is 27.0 Å². The van der Waals surface area contributed by atoms with Crippen LogP contribution < -0.4 is 10.1 Å². The topological polar surface area (TPSA) is 41.5 Å². The first-order chi connectivity index (χ1) is 9.98. The first kappa shape index (κ1) is 15.9. The Labute approximate surface area is 134 Å². The van der Waals surface area contributed by atoms with Crippen LogP contribution in [0.2, 0.25) is 0 Å². The first-order valence-corrected chi connectivity index (χ1v) is 7.57. The summed E-state index contributed by atoms with van der Waals surface area (Å²) in [6, 6.07) is 13.9. The van der Waals surface area contributed by atoms with E-state index in [1.165, 1.54) is 0 Å². The maximum atomic E-state index is 9.95. The predicted molar refractivity (Wildman–Crippen MR) is 89.9 cm³/mol. The second kappa shape index (κ2) is 6.50. The van der Waals surface area contributed by atoms with Crippen molar-refractivity contribution in [3.8, 4) is 5.75 Å². The van der Waals surface area contributed by atoms with E-state index in [4.69, 9.17) is 4.74 Å². The fraction of sp³-hybridized carbons (Fsp3) is 0.294. The number of methoxy groups -OCH3 is 1. The van der Waals surface area contributed by atoms with Crippen molar-refractivity contribution in [2.75, 3.05) is 19.0 Å². The van der Waals surface area contributed by atoms with Crippen molar-refractivity contribution in [1.82, 2.24) is 0 Å². The van der Waals surface area contributed by atoms with Crippen molar-refractivity contribution < 1.29 is 9.84 Å². The van der Waals surface area contributed by atoms with Crippen molar-refractivity contribution in [3.05, 3.63) is 58.1 Å². The largest absolute Gasteiger partial charge is 0.496 e. The Bertz CT molecular complexity index is 630. The van der Waals surface area contributed by atoms with E-state index >= 15 is 0 Å². The molecule has 0 aliphatic rings. The minimum Gasteiger partial charge on any atom is -0.496 e. The van der Waals surface area contributed by atoms with Gasteiger partial charge in [-0.2, -0.15) is 0 Å². The van der Waals surface area contributed by atoms with Crippen molar-refractivity contribution >= 4 is 21.6 Å². The molecule has 21 heavy (non-hydrogen) atoms. The number of aliphatic hydroxyl groups excluding tert-OH is 1. The van der Waals surface area contributed by atoms with E-state index in [2.05, 4.69) is 21.2 Å². The molecule has 2 aromatic rings. The van der Waals surface area contributed by atoms with Crippen molar-refractivity contribution in [2.24, 2.45) is 0 Å². The minimum atomic E-state index is -0.627. The molecule has 0 bridgehead atoms. The minimum absolute atomic E-state index is 0.0423. The van der Waals surface area contributed by atoms with E-state index in [1.54, 1.807) is 7.11 Å². The molecule has 0 amide bonds. The maximum Gasteiger partial charge on any atom is 0.124 e. The van der Waals surface area contributed by atoms with Gasteiger partial charge in [-0.05, 0) is 44.2 Å². The highest BCUT2D eigenvalue weighted by molar-refractivity contribution is 9.10. The van der Waals surface area contributed by atoms with Crippen LogP contribution in [0.25, 0.3) is 0 Å². The number of nitrogens with one attached hydrogen (secondary N) is 1. The first-order valence-electron chi connectivity index (χ1n) is 6.78. The van der Waals surface area contributed by atoms with Crippen LogP contribution in [0.4, 0.5) is 5.69 Å². The molecular formula is C17H20BrNO2. The lowest BCUT2D eigenvalue weighted by Gasteiger charge is -2.32. The van der Waals surface area contributed by atoms with E-state index in [9.17, 15) is 5.11 Å². The lowest BCUT2D eigenvalue weighted by molar-refractivity contribution is 0.220. The molecule has 0 saturated heterocycles. The van der Waals surface area contributed by atoms with Crippen LogP contribution in [0.1, 0.15) is 18.1 Å². The zero-order valence-electron chi connectivity index (χ0n) is 12.5. The molecule has 1 atom stereocenters. The number of aliphatic hydroxyl groups is 1. The molecular weight excluding hydrogens is 330 g/mol. The Hall–Kier alpha value is -1.52. The van der Waals surface area contributed by atoms with Crippen molar-refractivity contribution in [3.63, 3.8) is 0 Å². The third-order valence-corrected chi connectivity index (χ3v) is 4.00. The van der Waals surface area contributed by atoms with Crippen LogP contribution in [0.15, 0.2) is 46.9 Å². The van der Waals surface area contributed by atoms with Crippen molar-refractivity contribution in [1.29, 1.82) is 0 Å². The molecule has 0 heterocycles. The summed E-state index contributed by atoms with van der Waals surface area (Å²) in [4.78, 5) is 0. The molecule has 4 heteroatoms. The maximum absolute atomic E-state index is 9.95. The number of hydrogen-bond acceptors (Lipinski definition) is 3. The molecule has 2 N–H and O–H groups in total. The van der Waals surface area contributed by atoms with Crippen molar-refractivity contribution in [2.45, 2.75) is 19.4 Å². The summed E-state index contributed by atoms with van der Waals surface area (Å²) in [7, 11) is 1.64. The number of hydrogen-bond donors (Lipinski definition) is 2. The quantitative estimate of drug-likeness (QED) is 0.854. The van der Waals surface area contributed by atoms with Gasteiger partial charge in [0.2, 0.25) is 0 Å². The monoisotopic (exact) mass is 349 g/mol. The summed E-state index contributed by atoms with van der Waals surface area (Å²) in [5.74, 6) is 0.764. The van der Waals surface area contributed by atoms with Gasteiger partial charge < -0.3 is 15.2 Å². The number of halogens is 1. The van der Waals surface area contributed by atoms with Crippen LogP contribution >= 0.6 is 15.9 Å². The molecule has 1 unspecified atom stereocenters. The summed E-state index contributed by atoms with van der Waals surface area (Å²) >= 11 is 3.46. The standard InChI is InChI=1S/C17H20BrNO2/c1-12-7-8-16(21-3)15(9-12)17(2,11-20)19-14-6-4-5-13(18)10-14/h4-10,19-20H,11H2,1-3H3. The highest BCUT2D eigenvalue weighted by Gasteiger charge is 2.29. The van der Waals surface area contributed by atoms with Gasteiger partial charge in [0.15, 0.2) is 0 Å². The van der Waals surface area contributed by atoms with Gasteiger partial charge in [0.1, 0.15) is 5.75 Å². The molecule has 0 aromatic heterocycles. The lowest BCUT2D eigenvalue weighted by Crippen LogP contribution is -2.36. The number of ether oxygens (including phenoxy) is 1. The van der Waals surface area contributed by atoms with Crippen LogP contribution in [0, 0.1) is 6.92 Å². The highest BCUT2D eigenvalue weighted by atomic mass is 79.9. The summed E-state index contributed by atoms with van der Waals surface area (Å²) in [6.45, 7) is 3.95. The SMILES string of the molecule is COc1ccc(C)cc1C(C)(CO)Nc1cccc(Br)c1. The van der Waals surface area contributed by atoms with Gasteiger partial charge in [-0.25, -0.2) is 0 Å². The Morgan fingerprint density at radius 1 is 1.24 bits per heavy atom. The average molecular weight is 350 g/mol. The Morgan fingerprint density at radius 3 is 2.62 bits per heavy atom. The normalized spacial score (nSPS) is 13.6. The Kier molecular flexibility index (Phi) is 4.91. The van der Waals surface area contributed by atoms with Crippen LogP contribution in [0.3, 0.4) is 0 Å². The Morgan fingerprint density at radius 2 is 2.00 bits per heavy atom. The zero-order chi connectivity index (χ0) is 15.5. The van der Waals surface area contributed by atoms with Gasteiger partial charge in [0.05, 0.1) is 19.3 Å². The molecule has 3 nitrogen and oxygen atoms in total. The summed E-state index contributed by atoms with van der Waals surface area (Å²) in [5.41, 5.74) is 2.37. The number of benzene rings is 2. The second-order valence-corrected chi connectivity index (χ2v) is 6.24. The molecule has 2 rings (SSSR count). The average Bonchev–Trinajstić information content (AvgIpc) is 2.47. The number of anilines is 1. The van der Waals surface area contributed by atoms with Gasteiger partial charge in [-0.3, -0.25) is 0 Å². The molecule has 112 valence electrons. The summed E-state index contributed by atoms with van der Waals surface area (Å²) < 4.78 is 6.44. The molecule has 2 aromatic carbocycles. The lowest BCUT2D eigenvalue weighted by atomic mass is 9.90. The third-order valence-electron chi connectivity index (χ3n) is 3.51. The smallest absolute Gasteiger partial charge is 0.124 e. The van der Waals surface area contributed by atoms with Crippen LogP contribution in [-0.2, 0) is 5.54 Å². The highest BCUT2D eigenvalue weighted by Crippen LogP contribution is 2.34. The zero-order valence-corrected chi connectivity index (χ0v) is 14.1. The molecule has 0 saturated carbocycles. The van der Waals surface area contributed by atoms with Gasteiger partial charge in [0.25, 0.3) is 0 Å². The number of rotatable bonds is 5.